The molecule has 2 aromatic carbocycles. The van der Waals surface area contributed by atoms with Crippen molar-refractivity contribution >= 4 is 27.5 Å². The van der Waals surface area contributed by atoms with E-state index in [-0.39, 0.29) is 17.4 Å². The van der Waals surface area contributed by atoms with E-state index in [2.05, 4.69) is 10.0 Å². The first-order chi connectivity index (χ1) is 13.7. The summed E-state index contributed by atoms with van der Waals surface area (Å²) in [5.74, 6) is -0.639. The van der Waals surface area contributed by atoms with Crippen molar-refractivity contribution in [1.82, 2.24) is 10.0 Å². The van der Waals surface area contributed by atoms with Crippen LogP contribution in [-0.4, -0.2) is 27.0 Å². The van der Waals surface area contributed by atoms with Gasteiger partial charge < -0.3 is 10.1 Å². The van der Waals surface area contributed by atoms with Crippen LogP contribution in [-0.2, 0) is 32.7 Å². The Morgan fingerprint density at radius 2 is 1.79 bits per heavy atom. The first-order valence-electron chi connectivity index (χ1n) is 9.44. The number of benzene rings is 2. The molecule has 0 spiro atoms. The maximum Gasteiger partial charge on any atom is 0.241 e. The van der Waals surface area contributed by atoms with Gasteiger partial charge in [0, 0.05) is 18.2 Å². The van der Waals surface area contributed by atoms with Crippen molar-refractivity contribution in [3.63, 3.8) is 0 Å². The first-order valence-corrected chi connectivity index (χ1v) is 11.3. The molecule has 2 rings (SSSR count). The van der Waals surface area contributed by atoms with Crippen LogP contribution in [0.2, 0.25) is 5.02 Å². The SMILES string of the molecule is CCOCc1ccccc1CNC(=O)[C@@H](NS(=O)(=O)c1cccc(Cl)c1)C(C)C. The first kappa shape index (κ1) is 23.3. The fraction of sp³-hybridized carbons (Fsp3) is 0.381. The topological polar surface area (TPSA) is 84.5 Å². The summed E-state index contributed by atoms with van der Waals surface area (Å²) in [6.07, 6.45) is 0. The predicted molar refractivity (Wildman–Crippen MR) is 114 cm³/mol. The van der Waals surface area contributed by atoms with E-state index >= 15 is 0 Å². The van der Waals surface area contributed by atoms with Crippen molar-refractivity contribution in [3.05, 3.63) is 64.7 Å². The standard InChI is InChI=1S/C21H27ClN2O4S/c1-4-28-14-17-9-6-5-8-16(17)13-23-21(25)20(15(2)3)24-29(26,27)19-11-7-10-18(22)12-19/h5-12,15,20,24H,4,13-14H2,1-3H3,(H,23,25)/t20-/m0/s1. The lowest BCUT2D eigenvalue weighted by atomic mass is 10.0. The van der Waals surface area contributed by atoms with Crippen LogP contribution in [0.3, 0.4) is 0 Å². The molecule has 8 heteroatoms. The van der Waals surface area contributed by atoms with Gasteiger partial charge >= 0.3 is 0 Å². The van der Waals surface area contributed by atoms with Crippen molar-refractivity contribution in [3.8, 4) is 0 Å². The minimum absolute atomic E-state index is 0.0190. The molecule has 0 aliphatic carbocycles. The fourth-order valence-corrected chi connectivity index (χ4v) is 4.38. The van der Waals surface area contributed by atoms with E-state index in [4.69, 9.17) is 16.3 Å². The smallest absolute Gasteiger partial charge is 0.241 e. The van der Waals surface area contributed by atoms with E-state index in [1.54, 1.807) is 26.0 Å². The number of rotatable bonds is 10. The molecule has 0 saturated carbocycles. The van der Waals surface area contributed by atoms with Gasteiger partial charge in [0.2, 0.25) is 15.9 Å². The van der Waals surface area contributed by atoms with Crippen LogP contribution in [0.15, 0.2) is 53.4 Å². The molecule has 158 valence electrons. The van der Waals surface area contributed by atoms with Gasteiger partial charge in [0.25, 0.3) is 0 Å². The third-order valence-electron chi connectivity index (χ3n) is 4.37. The maximum atomic E-state index is 12.8. The molecule has 2 N–H and O–H groups in total. The van der Waals surface area contributed by atoms with Crippen molar-refractivity contribution in [2.24, 2.45) is 5.92 Å². The molecule has 2 aromatic rings. The summed E-state index contributed by atoms with van der Waals surface area (Å²) < 4.78 is 33.3. The Hall–Kier alpha value is -1.93. The highest BCUT2D eigenvalue weighted by molar-refractivity contribution is 7.89. The predicted octanol–water partition coefficient (Wildman–Crippen LogP) is 3.50. The second-order valence-electron chi connectivity index (χ2n) is 6.92. The Morgan fingerprint density at radius 1 is 1.10 bits per heavy atom. The maximum absolute atomic E-state index is 12.8. The van der Waals surface area contributed by atoms with Gasteiger partial charge in [0.05, 0.1) is 11.5 Å². The van der Waals surface area contributed by atoms with Gasteiger partial charge in [-0.2, -0.15) is 4.72 Å². The molecule has 6 nitrogen and oxygen atoms in total. The number of carbonyl (C=O) groups excluding carboxylic acids is 1. The van der Waals surface area contributed by atoms with E-state index in [0.717, 1.165) is 11.1 Å². The molecule has 0 aromatic heterocycles. The van der Waals surface area contributed by atoms with E-state index < -0.39 is 22.0 Å². The molecule has 0 fully saturated rings. The van der Waals surface area contributed by atoms with Crippen molar-refractivity contribution in [2.45, 2.75) is 44.9 Å². The number of ether oxygens (including phenoxy) is 1. The van der Waals surface area contributed by atoms with Crippen LogP contribution in [0.1, 0.15) is 31.9 Å². The highest BCUT2D eigenvalue weighted by Gasteiger charge is 2.28. The molecule has 0 unspecified atom stereocenters. The van der Waals surface area contributed by atoms with E-state index in [1.807, 2.05) is 31.2 Å². The second kappa shape index (κ2) is 10.7. The second-order valence-corrected chi connectivity index (χ2v) is 9.07. The third kappa shape index (κ3) is 6.82. The van der Waals surface area contributed by atoms with Gasteiger partial charge in [0.15, 0.2) is 0 Å². The van der Waals surface area contributed by atoms with Crippen molar-refractivity contribution in [2.75, 3.05) is 6.61 Å². The van der Waals surface area contributed by atoms with Crippen LogP contribution in [0.25, 0.3) is 0 Å². The Labute approximate surface area is 177 Å². The fourth-order valence-electron chi connectivity index (χ4n) is 2.74. The number of hydrogen-bond acceptors (Lipinski definition) is 4. The minimum Gasteiger partial charge on any atom is -0.377 e. The summed E-state index contributed by atoms with van der Waals surface area (Å²) in [7, 11) is -3.89. The molecular formula is C21H27ClN2O4S. The van der Waals surface area contributed by atoms with Gasteiger partial charge in [-0.15, -0.1) is 0 Å². The number of nitrogens with one attached hydrogen (secondary N) is 2. The number of amides is 1. The molecule has 1 atom stereocenters. The molecular weight excluding hydrogens is 412 g/mol. The Morgan fingerprint density at radius 3 is 2.41 bits per heavy atom. The summed E-state index contributed by atoms with van der Waals surface area (Å²) in [6, 6.07) is 12.7. The molecule has 1 amide bonds. The third-order valence-corrected chi connectivity index (χ3v) is 6.04. The normalized spacial score (nSPS) is 12.7. The van der Waals surface area contributed by atoms with Crippen molar-refractivity contribution in [1.29, 1.82) is 0 Å². The van der Waals surface area contributed by atoms with Gasteiger partial charge in [-0.3, -0.25) is 4.79 Å². The molecule has 0 aliphatic heterocycles. The zero-order chi connectivity index (χ0) is 21.4. The lowest BCUT2D eigenvalue weighted by molar-refractivity contribution is -0.123. The number of halogens is 1. The quantitative estimate of drug-likeness (QED) is 0.594. The van der Waals surface area contributed by atoms with Crippen LogP contribution in [0.4, 0.5) is 0 Å². The minimum atomic E-state index is -3.89. The van der Waals surface area contributed by atoms with E-state index in [1.165, 1.54) is 12.1 Å². The summed E-state index contributed by atoms with van der Waals surface area (Å²) in [4.78, 5) is 12.8. The van der Waals surface area contributed by atoms with Crippen LogP contribution < -0.4 is 10.0 Å². The van der Waals surface area contributed by atoms with Crippen LogP contribution >= 0.6 is 11.6 Å². The highest BCUT2D eigenvalue weighted by Crippen LogP contribution is 2.17. The Balaban J connectivity index is 2.11. The van der Waals surface area contributed by atoms with Crippen LogP contribution in [0.5, 0.6) is 0 Å². The monoisotopic (exact) mass is 438 g/mol. The van der Waals surface area contributed by atoms with E-state index in [0.29, 0.717) is 18.2 Å². The largest absolute Gasteiger partial charge is 0.377 e. The summed E-state index contributed by atoms with van der Waals surface area (Å²) in [5.41, 5.74) is 1.91. The van der Waals surface area contributed by atoms with Gasteiger partial charge in [0.1, 0.15) is 6.04 Å². The molecule has 0 aliphatic rings. The Kier molecular flexibility index (Phi) is 8.64. The van der Waals surface area contributed by atoms with Gasteiger partial charge in [-0.1, -0.05) is 55.8 Å². The molecule has 0 saturated heterocycles. The number of sulfonamides is 1. The zero-order valence-electron chi connectivity index (χ0n) is 16.8. The van der Waals surface area contributed by atoms with Crippen molar-refractivity contribution < 1.29 is 17.9 Å². The average molecular weight is 439 g/mol. The zero-order valence-corrected chi connectivity index (χ0v) is 18.4. The van der Waals surface area contributed by atoms with Gasteiger partial charge in [-0.05, 0) is 42.2 Å². The molecule has 0 heterocycles. The lowest BCUT2D eigenvalue weighted by Crippen LogP contribution is -2.49. The average Bonchev–Trinajstić information content (AvgIpc) is 2.69. The summed E-state index contributed by atoms with van der Waals surface area (Å²) in [6.45, 7) is 6.83. The number of hydrogen-bond donors (Lipinski definition) is 2. The van der Waals surface area contributed by atoms with Crippen LogP contribution in [0, 0.1) is 5.92 Å². The molecule has 0 bridgehead atoms. The van der Waals surface area contributed by atoms with Gasteiger partial charge in [-0.25, -0.2) is 8.42 Å². The molecule has 29 heavy (non-hydrogen) atoms. The summed E-state index contributed by atoms with van der Waals surface area (Å²) in [5, 5.41) is 3.14. The van der Waals surface area contributed by atoms with E-state index in [9.17, 15) is 13.2 Å². The highest BCUT2D eigenvalue weighted by atomic mass is 35.5. The Bertz CT molecular complexity index is 932. The molecule has 0 radical (unpaired) electrons. The summed E-state index contributed by atoms with van der Waals surface area (Å²) >= 11 is 5.90. The lowest BCUT2D eigenvalue weighted by Gasteiger charge is -2.22. The number of carbonyl (C=O) groups is 1.